The van der Waals surface area contributed by atoms with Gasteiger partial charge in [0.25, 0.3) is 0 Å². The lowest BCUT2D eigenvalue weighted by molar-refractivity contribution is -0.129. The van der Waals surface area contributed by atoms with E-state index in [1.165, 1.54) is 5.56 Å². The number of hydrogen-bond donors (Lipinski definition) is 0. The Morgan fingerprint density at radius 1 is 0.931 bits per heavy atom. The van der Waals surface area contributed by atoms with Crippen molar-refractivity contribution in [1.29, 1.82) is 0 Å². The Bertz CT molecular complexity index is 1110. The van der Waals surface area contributed by atoms with Crippen LogP contribution in [0.3, 0.4) is 0 Å². The molecule has 4 rings (SSSR count). The third kappa shape index (κ3) is 4.43. The summed E-state index contributed by atoms with van der Waals surface area (Å²) in [5.41, 5.74) is 5.17. The van der Waals surface area contributed by atoms with Crippen LogP contribution in [0.1, 0.15) is 27.8 Å². The highest BCUT2D eigenvalue weighted by Gasteiger charge is 2.24. The Morgan fingerprint density at radius 3 is 2.52 bits per heavy atom. The van der Waals surface area contributed by atoms with Crippen LogP contribution in [0.5, 0.6) is 5.75 Å². The molecule has 0 saturated carbocycles. The third-order valence-corrected chi connectivity index (χ3v) is 4.58. The summed E-state index contributed by atoms with van der Waals surface area (Å²) in [6.45, 7) is 4.50. The lowest BCUT2D eigenvalue weighted by Gasteiger charge is -2.11. The number of aryl methyl sites for hydroxylation is 2. The summed E-state index contributed by atoms with van der Waals surface area (Å²) in [6.07, 6.45) is 1.72. The maximum Gasteiger partial charge on any atom is 0.363 e. The molecule has 1 aliphatic heterocycles. The molecule has 3 aromatic carbocycles. The molecule has 1 heterocycles. The molecular weight excluding hydrogens is 362 g/mol. The average Bonchev–Trinajstić information content (AvgIpc) is 3.08. The largest absolute Gasteiger partial charge is 0.488 e. The number of benzene rings is 3. The molecule has 0 bridgehead atoms. The highest BCUT2D eigenvalue weighted by molar-refractivity contribution is 6.12. The second-order valence-corrected chi connectivity index (χ2v) is 7.02. The van der Waals surface area contributed by atoms with Crippen LogP contribution in [-0.2, 0) is 16.1 Å². The summed E-state index contributed by atoms with van der Waals surface area (Å²) in [5, 5.41) is 0. The monoisotopic (exact) mass is 383 g/mol. The van der Waals surface area contributed by atoms with Gasteiger partial charge in [0.2, 0.25) is 5.90 Å². The van der Waals surface area contributed by atoms with Gasteiger partial charge in [0.1, 0.15) is 12.4 Å². The lowest BCUT2D eigenvalue weighted by atomic mass is 10.1. The summed E-state index contributed by atoms with van der Waals surface area (Å²) >= 11 is 0. The van der Waals surface area contributed by atoms with Crippen LogP contribution in [0.25, 0.3) is 6.08 Å². The summed E-state index contributed by atoms with van der Waals surface area (Å²) in [5.74, 6) is 0.549. The maximum absolute atomic E-state index is 12.3. The van der Waals surface area contributed by atoms with Gasteiger partial charge in [0.15, 0.2) is 5.70 Å². The van der Waals surface area contributed by atoms with E-state index in [9.17, 15) is 4.79 Å². The molecule has 0 unspecified atom stereocenters. The van der Waals surface area contributed by atoms with Crippen molar-refractivity contribution in [3.63, 3.8) is 0 Å². The first-order chi connectivity index (χ1) is 14.1. The molecule has 0 fully saturated rings. The molecule has 4 heteroatoms. The summed E-state index contributed by atoms with van der Waals surface area (Å²) in [4.78, 5) is 16.7. The van der Waals surface area contributed by atoms with Gasteiger partial charge in [-0.3, -0.25) is 0 Å². The predicted octanol–water partition coefficient (Wildman–Crippen LogP) is 5.23. The van der Waals surface area contributed by atoms with Crippen LogP contribution >= 0.6 is 0 Å². The van der Waals surface area contributed by atoms with Gasteiger partial charge in [-0.1, -0.05) is 59.7 Å². The highest BCUT2D eigenvalue weighted by Crippen LogP contribution is 2.26. The molecule has 144 valence electrons. The Kier molecular flexibility index (Phi) is 5.25. The molecular formula is C25H21NO3. The summed E-state index contributed by atoms with van der Waals surface area (Å²) in [7, 11) is 0. The minimum Gasteiger partial charge on any atom is -0.488 e. The fourth-order valence-electron chi connectivity index (χ4n) is 3.14. The zero-order chi connectivity index (χ0) is 20.2. The molecule has 0 N–H and O–H groups in total. The Balaban J connectivity index is 1.62. The Hall–Kier alpha value is -3.66. The molecule has 0 amide bonds. The lowest BCUT2D eigenvalue weighted by Crippen LogP contribution is -2.05. The van der Waals surface area contributed by atoms with Crippen LogP contribution in [-0.4, -0.2) is 11.9 Å². The van der Waals surface area contributed by atoms with E-state index in [4.69, 9.17) is 9.47 Å². The third-order valence-electron chi connectivity index (χ3n) is 4.58. The second-order valence-electron chi connectivity index (χ2n) is 7.02. The van der Waals surface area contributed by atoms with Crippen LogP contribution in [0, 0.1) is 13.8 Å². The Labute approximate surface area is 170 Å². The molecule has 0 saturated heterocycles. The van der Waals surface area contributed by atoms with E-state index in [1.807, 2.05) is 67.6 Å². The SMILES string of the molecule is Cc1cccc(COc2ccc(C)cc2C=C2N=C(c3ccccc3)OC2=O)c1. The highest BCUT2D eigenvalue weighted by atomic mass is 16.6. The molecule has 0 aliphatic carbocycles. The zero-order valence-electron chi connectivity index (χ0n) is 16.4. The first-order valence-electron chi connectivity index (χ1n) is 9.45. The van der Waals surface area contributed by atoms with E-state index in [1.54, 1.807) is 6.08 Å². The molecule has 29 heavy (non-hydrogen) atoms. The van der Waals surface area contributed by atoms with E-state index in [0.717, 1.165) is 22.3 Å². The van der Waals surface area contributed by atoms with Crippen molar-refractivity contribution in [2.24, 2.45) is 4.99 Å². The second kappa shape index (κ2) is 8.15. The Morgan fingerprint density at radius 2 is 1.72 bits per heavy atom. The number of hydrogen-bond acceptors (Lipinski definition) is 4. The van der Waals surface area contributed by atoms with E-state index in [2.05, 4.69) is 24.0 Å². The van der Waals surface area contributed by atoms with E-state index >= 15 is 0 Å². The normalized spacial score (nSPS) is 14.6. The maximum atomic E-state index is 12.3. The quantitative estimate of drug-likeness (QED) is 0.448. The van der Waals surface area contributed by atoms with Crippen molar-refractivity contribution in [2.45, 2.75) is 20.5 Å². The fraction of sp³-hybridized carbons (Fsp3) is 0.120. The topological polar surface area (TPSA) is 47.9 Å². The minimum absolute atomic E-state index is 0.259. The van der Waals surface area contributed by atoms with Crippen molar-refractivity contribution >= 4 is 17.9 Å². The van der Waals surface area contributed by atoms with Gasteiger partial charge in [-0.25, -0.2) is 9.79 Å². The molecule has 0 spiro atoms. The van der Waals surface area contributed by atoms with E-state index in [0.29, 0.717) is 18.3 Å². The summed E-state index contributed by atoms with van der Waals surface area (Å²) < 4.78 is 11.4. The molecule has 0 aromatic heterocycles. The standard InChI is InChI=1S/C25H21NO3/c1-17-7-6-8-19(13-17)16-28-23-12-11-18(2)14-21(23)15-22-25(27)29-24(26-22)20-9-4-3-5-10-20/h3-15H,16H2,1-2H3. The van der Waals surface area contributed by atoms with Gasteiger partial charge < -0.3 is 9.47 Å². The van der Waals surface area contributed by atoms with Crippen molar-refractivity contribution in [3.05, 3.63) is 106 Å². The number of cyclic esters (lactones) is 1. The number of ether oxygens (including phenoxy) is 2. The number of carbonyl (C=O) groups excluding carboxylic acids is 1. The van der Waals surface area contributed by atoms with Crippen molar-refractivity contribution in [2.75, 3.05) is 0 Å². The first-order valence-corrected chi connectivity index (χ1v) is 9.45. The molecule has 3 aromatic rings. The minimum atomic E-state index is -0.463. The van der Waals surface area contributed by atoms with Crippen molar-refractivity contribution in [1.82, 2.24) is 0 Å². The van der Waals surface area contributed by atoms with Crippen LogP contribution in [0.15, 0.2) is 83.5 Å². The number of rotatable bonds is 5. The van der Waals surface area contributed by atoms with Crippen molar-refractivity contribution in [3.8, 4) is 5.75 Å². The van der Waals surface area contributed by atoms with E-state index in [-0.39, 0.29) is 5.70 Å². The van der Waals surface area contributed by atoms with Gasteiger partial charge in [-0.15, -0.1) is 0 Å². The van der Waals surface area contributed by atoms with Crippen molar-refractivity contribution < 1.29 is 14.3 Å². The smallest absolute Gasteiger partial charge is 0.363 e. The first kappa shape index (κ1) is 18.7. The average molecular weight is 383 g/mol. The van der Waals surface area contributed by atoms with Gasteiger partial charge in [0, 0.05) is 11.1 Å². The number of nitrogens with zero attached hydrogens (tertiary/aromatic N) is 1. The van der Waals surface area contributed by atoms with Gasteiger partial charge >= 0.3 is 5.97 Å². The molecule has 0 radical (unpaired) electrons. The van der Waals surface area contributed by atoms with Crippen LogP contribution < -0.4 is 4.74 Å². The van der Waals surface area contributed by atoms with Gasteiger partial charge in [-0.2, -0.15) is 0 Å². The molecule has 0 atom stereocenters. The molecule has 1 aliphatic rings. The fourth-order valence-corrected chi connectivity index (χ4v) is 3.14. The number of carbonyl (C=O) groups is 1. The zero-order valence-corrected chi connectivity index (χ0v) is 16.4. The van der Waals surface area contributed by atoms with Gasteiger partial charge in [0.05, 0.1) is 0 Å². The van der Waals surface area contributed by atoms with Crippen LogP contribution in [0.2, 0.25) is 0 Å². The predicted molar refractivity (Wildman–Crippen MR) is 114 cm³/mol. The summed E-state index contributed by atoms with van der Waals surface area (Å²) in [6, 6.07) is 23.5. The van der Waals surface area contributed by atoms with Crippen LogP contribution in [0.4, 0.5) is 0 Å². The number of aliphatic imine (C=N–C) groups is 1. The number of esters is 1. The van der Waals surface area contributed by atoms with E-state index < -0.39 is 5.97 Å². The van der Waals surface area contributed by atoms with Gasteiger partial charge in [-0.05, 0) is 49.8 Å². The molecule has 4 nitrogen and oxygen atoms in total.